The molecular weight excluding hydrogens is 308 g/mol. The minimum absolute atomic E-state index is 0.00840. The predicted octanol–water partition coefficient (Wildman–Crippen LogP) is 3.89. The standard InChI is InChI=1S/C22H28N2O/c1-18-6-5-15-24(16-18)17-20-9-11-21(12-10-20)22(25)23-14-13-19-7-3-2-4-8-19/h2-4,7-12,18H,5-6,13-17H2,1H3,(H,23,25). The molecule has 0 radical (unpaired) electrons. The van der Waals surface area contributed by atoms with E-state index in [2.05, 4.69) is 41.4 Å². The van der Waals surface area contributed by atoms with Crippen molar-refractivity contribution in [3.05, 3.63) is 71.3 Å². The number of hydrogen-bond acceptors (Lipinski definition) is 2. The lowest BCUT2D eigenvalue weighted by atomic mass is 9.99. The van der Waals surface area contributed by atoms with Crippen molar-refractivity contribution in [1.29, 1.82) is 0 Å². The summed E-state index contributed by atoms with van der Waals surface area (Å²) in [6.07, 6.45) is 3.50. The minimum atomic E-state index is 0.00840. The summed E-state index contributed by atoms with van der Waals surface area (Å²) in [5.74, 6) is 0.803. The molecule has 3 nitrogen and oxygen atoms in total. The Labute approximate surface area is 151 Å². The van der Waals surface area contributed by atoms with E-state index in [4.69, 9.17) is 0 Å². The van der Waals surface area contributed by atoms with Gasteiger partial charge in [-0.3, -0.25) is 9.69 Å². The molecule has 25 heavy (non-hydrogen) atoms. The van der Waals surface area contributed by atoms with E-state index < -0.39 is 0 Å². The van der Waals surface area contributed by atoms with Crippen LogP contribution >= 0.6 is 0 Å². The highest BCUT2D eigenvalue weighted by atomic mass is 16.1. The molecule has 1 aliphatic rings. The molecule has 1 saturated heterocycles. The molecule has 1 aliphatic heterocycles. The SMILES string of the molecule is CC1CCCN(Cc2ccc(C(=O)NCCc3ccccc3)cc2)C1. The summed E-state index contributed by atoms with van der Waals surface area (Å²) in [6.45, 7) is 6.35. The van der Waals surface area contributed by atoms with Gasteiger partial charge >= 0.3 is 0 Å². The van der Waals surface area contributed by atoms with Gasteiger partial charge in [-0.05, 0) is 55.0 Å². The van der Waals surface area contributed by atoms with Gasteiger partial charge in [-0.15, -0.1) is 0 Å². The molecule has 1 unspecified atom stereocenters. The Hall–Kier alpha value is -2.13. The zero-order chi connectivity index (χ0) is 17.5. The van der Waals surface area contributed by atoms with Gasteiger partial charge in [0.05, 0.1) is 0 Å². The fourth-order valence-corrected chi connectivity index (χ4v) is 3.52. The van der Waals surface area contributed by atoms with Crippen molar-refractivity contribution < 1.29 is 4.79 Å². The number of nitrogens with zero attached hydrogens (tertiary/aromatic N) is 1. The number of nitrogens with one attached hydrogen (secondary N) is 1. The maximum Gasteiger partial charge on any atom is 0.251 e. The van der Waals surface area contributed by atoms with Crippen LogP contribution in [-0.2, 0) is 13.0 Å². The van der Waals surface area contributed by atoms with E-state index in [9.17, 15) is 4.79 Å². The largest absolute Gasteiger partial charge is 0.352 e. The molecule has 0 aromatic heterocycles. The lowest BCUT2D eigenvalue weighted by Gasteiger charge is -2.30. The first-order valence-corrected chi connectivity index (χ1v) is 9.34. The van der Waals surface area contributed by atoms with Gasteiger partial charge in [-0.1, -0.05) is 49.4 Å². The van der Waals surface area contributed by atoms with E-state index >= 15 is 0 Å². The van der Waals surface area contributed by atoms with Crippen molar-refractivity contribution in [2.45, 2.75) is 32.7 Å². The highest BCUT2D eigenvalue weighted by Gasteiger charge is 2.16. The smallest absolute Gasteiger partial charge is 0.251 e. The van der Waals surface area contributed by atoms with Crippen LogP contribution in [0.2, 0.25) is 0 Å². The third-order valence-electron chi connectivity index (χ3n) is 4.91. The molecule has 1 fully saturated rings. The molecule has 0 bridgehead atoms. The van der Waals surface area contributed by atoms with Gasteiger partial charge in [-0.2, -0.15) is 0 Å². The molecule has 3 rings (SSSR count). The van der Waals surface area contributed by atoms with E-state index in [1.807, 2.05) is 30.3 Å². The highest BCUT2D eigenvalue weighted by Crippen LogP contribution is 2.18. The van der Waals surface area contributed by atoms with Crippen LogP contribution in [0.5, 0.6) is 0 Å². The first-order chi connectivity index (χ1) is 12.2. The third kappa shape index (κ3) is 5.43. The molecule has 2 aromatic carbocycles. The Morgan fingerprint density at radius 3 is 2.56 bits per heavy atom. The quantitative estimate of drug-likeness (QED) is 0.868. The molecule has 132 valence electrons. The summed E-state index contributed by atoms with van der Waals surface area (Å²) in [6, 6.07) is 18.3. The topological polar surface area (TPSA) is 32.3 Å². The average molecular weight is 336 g/mol. The summed E-state index contributed by atoms with van der Waals surface area (Å²) < 4.78 is 0. The number of benzene rings is 2. The Bertz CT molecular complexity index is 666. The summed E-state index contributed by atoms with van der Waals surface area (Å²) in [7, 11) is 0. The monoisotopic (exact) mass is 336 g/mol. The number of likely N-dealkylation sites (tertiary alicyclic amines) is 1. The first-order valence-electron chi connectivity index (χ1n) is 9.34. The number of amides is 1. The number of carbonyl (C=O) groups excluding carboxylic acids is 1. The second kappa shape index (κ2) is 8.82. The van der Waals surface area contributed by atoms with Gasteiger partial charge < -0.3 is 5.32 Å². The molecule has 2 aromatic rings. The number of rotatable bonds is 6. The van der Waals surface area contributed by atoms with Crippen molar-refractivity contribution in [2.24, 2.45) is 5.92 Å². The maximum absolute atomic E-state index is 12.3. The van der Waals surface area contributed by atoms with Gasteiger partial charge in [0.1, 0.15) is 0 Å². The second-order valence-electron chi connectivity index (χ2n) is 7.17. The third-order valence-corrected chi connectivity index (χ3v) is 4.91. The number of carbonyl (C=O) groups is 1. The number of hydrogen-bond donors (Lipinski definition) is 1. The van der Waals surface area contributed by atoms with Crippen LogP contribution in [0.1, 0.15) is 41.3 Å². The van der Waals surface area contributed by atoms with Crippen molar-refractivity contribution in [3.8, 4) is 0 Å². The fraction of sp³-hybridized carbons (Fsp3) is 0.409. The molecule has 1 heterocycles. The predicted molar refractivity (Wildman–Crippen MR) is 103 cm³/mol. The Morgan fingerprint density at radius 1 is 1.08 bits per heavy atom. The second-order valence-corrected chi connectivity index (χ2v) is 7.17. The van der Waals surface area contributed by atoms with E-state index in [0.29, 0.717) is 6.54 Å². The Morgan fingerprint density at radius 2 is 1.84 bits per heavy atom. The Kier molecular flexibility index (Phi) is 6.24. The van der Waals surface area contributed by atoms with E-state index in [-0.39, 0.29) is 5.91 Å². The van der Waals surface area contributed by atoms with Crippen LogP contribution in [0.25, 0.3) is 0 Å². The van der Waals surface area contributed by atoms with Crippen molar-refractivity contribution >= 4 is 5.91 Å². The summed E-state index contributed by atoms with van der Waals surface area (Å²) in [4.78, 5) is 14.8. The molecule has 1 N–H and O–H groups in total. The van der Waals surface area contributed by atoms with Crippen LogP contribution in [0.3, 0.4) is 0 Å². The van der Waals surface area contributed by atoms with Crippen molar-refractivity contribution in [2.75, 3.05) is 19.6 Å². The van der Waals surface area contributed by atoms with Gasteiger partial charge in [0.2, 0.25) is 0 Å². The van der Waals surface area contributed by atoms with E-state index in [1.54, 1.807) is 0 Å². The normalized spacial score (nSPS) is 18.0. The van der Waals surface area contributed by atoms with Gasteiger partial charge in [0, 0.05) is 25.2 Å². The lowest BCUT2D eigenvalue weighted by Crippen LogP contribution is -2.33. The van der Waals surface area contributed by atoms with Crippen LogP contribution in [-0.4, -0.2) is 30.4 Å². The summed E-state index contributed by atoms with van der Waals surface area (Å²) in [5, 5.41) is 3.00. The number of piperidine rings is 1. The molecule has 1 amide bonds. The van der Waals surface area contributed by atoms with Gasteiger partial charge in [-0.25, -0.2) is 0 Å². The zero-order valence-corrected chi connectivity index (χ0v) is 15.1. The molecular formula is C22H28N2O. The summed E-state index contributed by atoms with van der Waals surface area (Å²) >= 11 is 0. The molecule has 0 spiro atoms. The van der Waals surface area contributed by atoms with Crippen molar-refractivity contribution in [1.82, 2.24) is 10.2 Å². The van der Waals surface area contributed by atoms with E-state index in [0.717, 1.165) is 24.4 Å². The average Bonchev–Trinajstić information content (AvgIpc) is 2.63. The van der Waals surface area contributed by atoms with Crippen LogP contribution in [0.4, 0.5) is 0 Å². The molecule has 0 saturated carbocycles. The highest BCUT2D eigenvalue weighted by molar-refractivity contribution is 5.94. The molecule has 1 atom stereocenters. The van der Waals surface area contributed by atoms with Crippen LogP contribution in [0.15, 0.2) is 54.6 Å². The molecule has 0 aliphatic carbocycles. The zero-order valence-electron chi connectivity index (χ0n) is 15.1. The lowest BCUT2D eigenvalue weighted by molar-refractivity contribution is 0.0954. The van der Waals surface area contributed by atoms with Gasteiger partial charge in [0.25, 0.3) is 5.91 Å². The molecule has 3 heteroatoms. The van der Waals surface area contributed by atoms with Crippen LogP contribution < -0.4 is 5.32 Å². The van der Waals surface area contributed by atoms with Gasteiger partial charge in [0.15, 0.2) is 0 Å². The summed E-state index contributed by atoms with van der Waals surface area (Å²) in [5.41, 5.74) is 3.27. The Balaban J connectivity index is 1.47. The first kappa shape index (κ1) is 17.7. The maximum atomic E-state index is 12.3. The van der Waals surface area contributed by atoms with Crippen LogP contribution in [0, 0.1) is 5.92 Å². The van der Waals surface area contributed by atoms with E-state index in [1.165, 1.54) is 37.1 Å². The van der Waals surface area contributed by atoms with Crippen molar-refractivity contribution in [3.63, 3.8) is 0 Å². The minimum Gasteiger partial charge on any atom is -0.352 e. The fourth-order valence-electron chi connectivity index (χ4n) is 3.52.